The Bertz CT molecular complexity index is 3390. The average molecular weight is 1630 g/mol. The molecule has 0 aliphatic heterocycles. The Hall–Kier alpha value is -3.62. The van der Waals surface area contributed by atoms with E-state index in [0.29, 0.717) is 23.0 Å². The molecule has 0 amide bonds. The van der Waals surface area contributed by atoms with Crippen LogP contribution in [0.25, 0.3) is 0 Å². The van der Waals surface area contributed by atoms with E-state index in [9.17, 15) is 20.4 Å². The van der Waals surface area contributed by atoms with Gasteiger partial charge in [-0.3, -0.25) is 20.0 Å². The summed E-state index contributed by atoms with van der Waals surface area (Å²) < 4.78 is 1.30. The van der Waals surface area contributed by atoms with Crippen molar-refractivity contribution in [1.29, 1.82) is 0 Å². The molecule has 0 aromatic heterocycles. The number of phenolic OH excluding ortho intramolecular Hbond substituents is 4. The Kier molecular flexibility index (Phi) is 46.9. The Morgan fingerprint density at radius 3 is 0.787 bits per heavy atom. The molecule has 4 atom stereocenters. The van der Waals surface area contributed by atoms with E-state index < -0.39 is 24.2 Å². The monoisotopic (exact) mass is 1630 g/mol. The molecule has 0 bridgehead atoms. The summed E-state index contributed by atoms with van der Waals surface area (Å²) in [5.41, 5.74) is 7.78. The topological polar surface area (TPSA) is 130 Å². The molecule has 0 unspecified atom stereocenters. The van der Waals surface area contributed by atoms with Crippen molar-refractivity contribution in [3.05, 3.63) is 136 Å². The quantitative estimate of drug-likeness (QED) is 0.0179. The maximum Gasteiger partial charge on any atom is 0.128 e. The van der Waals surface area contributed by atoms with Gasteiger partial charge in [0.25, 0.3) is 0 Å². The zero-order chi connectivity index (χ0) is 75.7. The third-order valence-corrected chi connectivity index (χ3v) is 33.1. The fraction of sp³-hybridized carbons (Fsp3) is 0.649. The maximum atomic E-state index is 11.8. The maximum absolute atomic E-state index is 11.8. The predicted molar refractivity (Wildman–Crippen MR) is 485 cm³/mol. The van der Waals surface area contributed by atoms with E-state index in [1.165, 1.54) is 141 Å². The summed E-state index contributed by atoms with van der Waals surface area (Å²) in [6, 6.07) is 21.8. The molecular weight excluding hydrogens is 1470 g/mol. The summed E-state index contributed by atoms with van der Waals surface area (Å²) in [6.07, 6.45) is 30.1. The first-order valence-corrected chi connectivity index (χ1v) is 50.0. The third-order valence-electron chi connectivity index (χ3n) is 22.7. The van der Waals surface area contributed by atoms with Crippen LogP contribution < -0.4 is 15.6 Å². The average Bonchev–Trinajstić information content (AvgIpc) is 0.797. The second kappa shape index (κ2) is 46.7. The number of hydrogen-bond donors (Lipinski definition) is 4. The minimum Gasteiger partial charge on any atom is -0.507 e. The van der Waals surface area contributed by atoms with Crippen LogP contribution >= 0.6 is 0 Å². The van der Waals surface area contributed by atoms with E-state index in [4.69, 9.17) is 20.0 Å². The summed E-state index contributed by atoms with van der Waals surface area (Å²) >= 11 is 0. The fourth-order valence-corrected chi connectivity index (χ4v) is 22.8. The van der Waals surface area contributed by atoms with Crippen molar-refractivity contribution >= 4 is 64.6 Å². The number of hydrogen-bond acceptors (Lipinski definition) is 8. The largest absolute Gasteiger partial charge is 0.507 e. The molecule has 2 radical (unpaired) electrons. The number of unbranched alkanes of at least 4 members (excludes halogenated alkanes) is 5. The van der Waals surface area contributed by atoms with Crippen LogP contribution in [0.15, 0.2) is 68.5 Å². The summed E-state index contributed by atoms with van der Waals surface area (Å²) in [5, 5.41) is 50.4. The number of rotatable bonds is 30. The molecule has 0 heterocycles. The Morgan fingerprint density at radius 2 is 0.556 bits per heavy atom. The Balaban J connectivity index is -0.00000199. The molecule has 108 heavy (non-hydrogen) atoms. The molecule has 2 fully saturated rings. The smallest absolute Gasteiger partial charge is 0.128 e. The molecule has 2 aliphatic rings. The van der Waals surface area contributed by atoms with Crippen LogP contribution in [0.3, 0.4) is 0 Å². The third kappa shape index (κ3) is 31.3. The first-order chi connectivity index (χ1) is 46.9. The Morgan fingerprint density at radius 1 is 0.333 bits per heavy atom. The first-order valence-electron chi connectivity index (χ1n) is 40.4. The molecule has 4 aromatic carbocycles. The first kappa shape index (κ1) is 109. The zero-order valence-electron chi connectivity index (χ0n) is 75.3. The number of benzene rings is 4. The van der Waals surface area contributed by atoms with Gasteiger partial charge in [-0.2, -0.15) is 0 Å². The van der Waals surface area contributed by atoms with Crippen molar-refractivity contribution < 1.29 is 58.5 Å². The second-order valence-corrected chi connectivity index (χ2v) is 52.8. The van der Waals surface area contributed by atoms with Gasteiger partial charge in [0.2, 0.25) is 0 Å². The number of aliphatic imine (C=N–C) groups is 4. The van der Waals surface area contributed by atoms with E-state index in [1.807, 2.05) is 24.9 Å². The van der Waals surface area contributed by atoms with Gasteiger partial charge in [-0.25, -0.2) is 0 Å². The molecule has 0 spiro atoms. The van der Waals surface area contributed by atoms with Gasteiger partial charge in [0.1, 0.15) is 23.0 Å². The SMILES string of the molecule is CCCC[N+](CCCC)(CCCC)CCC[Si](C)(C)c1cc(C=N[C@H]2CCCC[C@@H]2N=Cc2cc([Si](C)(C)CCCC)cc(C(C)(C)C)c2O)c(O)c(C(C)(C)C)c1.CCCC[Si](C)(C)c1cc(C=N[C@H]2CCCC[C@@H]2N=Cc2cc(C(C)(C)C)cc(C(C)(C)C)c2O)c(O)c(C(C)(C)C)c1.[CH3-].[CH3-].[CH3-].[CH3-].[CH3-].[Co].[Co]. The molecule has 2 aliphatic carbocycles. The normalized spacial score (nSPS) is 17.0. The van der Waals surface area contributed by atoms with Gasteiger partial charge in [-0.1, -0.05) is 318 Å². The number of phenols is 4. The summed E-state index contributed by atoms with van der Waals surface area (Å²) in [7, 11) is -5.19. The van der Waals surface area contributed by atoms with Crippen molar-refractivity contribution in [2.24, 2.45) is 20.0 Å². The molecular formula is C94H165Co2N5O4Si3-4. The fourth-order valence-electron chi connectivity index (χ4n) is 15.2. The number of quaternary nitrogens is 1. The van der Waals surface area contributed by atoms with Crippen LogP contribution in [0.2, 0.25) is 57.4 Å². The van der Waals surface area contributed by atoms with Crippen molar-refractivity contribution in [2.45, 2.75) is 369 Å². The Labute approximate surface area is 692 Å². The summed E-state index contributed by atoms with van der Waals surface area (Å²) in [5.74, 6) is 1.43. The van der Waals surface area contributed by atoms with Crippen LogP contribution in [-0.2, 0) is 60.6 Å². The van der Waals surface area contributed by atoms with E-state index in [2.05, 4.69) is 226 Å². The van der Waals surface area contributed by atoms with Gasteiger partial charge in [-0.15, -0.1) is 0 Å². The minimum absolute atomic E-state index is 0. The molecule has 0 saturated heterocycles. The van der Waals surface area contributed by atoms with Crippen LogP contribution in [0.1, 0.15) is 311 Å². The van der Waals surface area contributed by atoms with Gasteiger partial charge in [-0.05, 0) is 113 Å². The van der Waals surface area contributed by atoms with Gasteiger partial charge in [0.05, 0.1) is 74.6 Å². The van der Waals surface area contributed by atoms with Crippen LogP contribution in [0.4, 0.5) is 0 Å². The molecule has 4 N–H and O–H groups in total. The predicted octanol–water partition coefficient (Wildman–Crippen LogP) is 24.6. The second-order valence-electron chi connectivity index (χ2n) is 38.3. The van der Waals surface area contributed by atoms with Gasteiger partial charge < -0.3 is 62.0 Å². The minimum atomic E-state index is -1.85. The van der Waals surface area contributed by atoms with Crippen molar-refractivity contribution in [1.82, 2.24) is 0 Å². The summed E-state index contributed by atoms with van der Waals surface area (Å²) in [4.78, 5) is 20.7. The van der Waals surface area contributed by atoms with Crippen LogP contribution in [-0.4, -0.2) is 124 Å². The standard InChI is InChI=1S/C51H89N3O2Si2.C38H60N2O2Si.5CH3.2Co/c1-15-19-28-54(29-20-16-2,30-21-17-3)31-25-33-58(13,14)43-35-41(49(56)45(37-43)51(8,9)10)39-53-47-27-24-23-26-46(47)52-38-40-34-42(57(11,12)32-22-18-4)36-44(48(40)55)50(5,6)7;1-13-14-19-43(11,12)29-21-27(35(42)31(23-29)38(8,9)10)25-40-33-18-16-15-17-32(33)39-24-26-20-28(36(2,3)4)22-30(34(26)41)37(5,6)7;;;;;;;/h34-39,46-47H,15-33H2,1-14H3,(H-,52,53,55,56);20-25,32-33,41-42H,13-19H2,1-12H3;5*1H3;;/q;;5*-1;;/p+1/t46-,47-;32-,33-;;;;;;;/m00......./s1. The molecule has 4 aromatic rings. The molecule has 6 rings (SSSR count). The molecule has 9 nitrogen and oxygen atoms in total. The number of nitrogens with zero attached hydrogens (tertiary/aromatic N) is 5. The van der Waals surface area contributed by atoms with Crippen LogP contribution in [0, 0.1) is 37.1 Å². The zero-order valence-corrected chi connectivity index (χ0v) is 80.4. The molecule has 624 valence electrons. The van der Waals surface area contributed by atoms with E-state index >= 15 is 0 Å². The van der Waals surface area contributed by atoms with E-state index in [1.54, 1.807) is 0 Å². The molecule has 2 saturated carbocycles. The van der Waals surface area contributed by atoms with Crippen molar-refractivity contribution in [3.8, 4) is 23.0 Å². The molecule has 14 heteroatoms. The van der Waals surface area contributed by atoms with Crippen molar-refractivity contribution in [3.63, 3.8) is 0 Å². The van der Waals surface area contributed by atoms with Gasteiger partial charge >= 0.3 is 0 Å². The summed E-state index contributed by atoms with van der Waals surface area (Å²) in [6.45, 7) is 64.6. The van der Waals surface area contributed by atoms with Crippen LogP contribution in [0.5, 0.6) is 23.0 Å². The van der Waals surface area contributed by atoms with Gasteiger partial charge in [0.15, 0.2) is 0 Å². The van der Waals surface area contributed by atoms with E-state index in [-0.39, 0.29) is 122 Å². The van der Waals surface area contributed by atoms with E-state index in [0.717, 1.165) is 95.9 Å². The number of aromatic hydroxyl groups is 4. The van der Waals surface area contributed by atoms with Gasteiger partial charge in [0, 0.05) is 86.2 Å². The van der Waals surface area contributed by atoms with Crippen molar-refractivity contribution in [2.75, 3.05) is 26.2 Å².